The van der Waals surface area contributed by atoms with Crippen molar-refractivity contribution < 1.29 is 4.39 Å². The quantitative estimate of drug-likeness (QED) is 0.426. The van der Waals surface area contributed by atoms with Gasteiger partial charge in [-0.15, -0.1) is 0 Å². The second-order valence-corrected chi connectivity index (χ2v) is 6.53. The number of nitrogens with one attached hydrogen (secondary N) is 1. The molecule has 0 amide bonds. The molecule has 5 nitrogen and oxygen atoms in total. The van der Waals surface area contributed by atoms with Gasteiger partial charge < -0.3 is 0 Å². The number of aryl methyl sites for hydroxylation is 2. The minimum atomic E-state index is -0.361. The molecule has 1 aromatic heterocycles. The lowest BCUT2D eigenvalue weighted by molar-refractivity contribution is 0.627. The summed E-state index contributed by atoms with van der Waals surface area (Å²) in [7, 11) is 0. The highest BCUT2D eigenvalue weighted by Crippen LogP contribution is 2.25. The molecular weight excluding hydrogens is 351 g/mol. The van der Waals surface area contributed by atoms with Gasteiger partial charge in [-0.2, -0.15) is 5.26 Å². The predicted octanol–water partition coefficient (Wildman–Crippen LogP) is 4.25. The maximum atomic E-state index is 13.1. The van der Waals surface area contributed by atoms with Crippen molar-refractivity contribution >= 4 is 23.7 Å². The second-order valence-electron chi connectivity index (χ2n) is 5.67. The van der Waals surface area contributed by atoms with Gasteiger partial charge in [0, 0.05) is 16.8 Å². The second kappa shape index (κ2) is 7.42. The van der Waals surface area contributed by atoms with Crippen molar-refractivity contribution in [2.45, 2.75) is 18.7 Å². The summed E-state index contributed by atoms with van der Waals surface area (Å²) in [5, 5.41) is 13.7. The molecule has 1 heterocycles. The van der Waals surface area contributed by atoms with Crippen molar-refractivity contribution in [2.24, 2.45) is 4.99 Å². The molecule has 1 N–H and O–H groups in total. The third kappa shape index (κ3) is 3.60. The number of hydrogen-bond acceptors (Lipinski definition) is 4. The normalized spacial score (nSPS) is 11.0. The van der Waals surface area contributed by atoms with Crippen molar-refractivity contribution in [3.05, 3.63) is 75.5 Å². The summed E-state index contributed by atoms with van der Waals surface area (Å²) in [5.41, 5.74) is 3.02. The van der Waals surface area contributed by atoms with Crippen LogP contribution in [0.3, 0.4) is 0 Å². The van der Waals surface area contributed by atoms with E-state index in [1.165, 1.54) is 35.2 Å². The monoisotopic (exact) mass is 366 g/mol. The number of aromatic nitrogens is 2. The SMILES string of the molecule is Cc1cc(SC#N)ccc1N=Cc1c(C)[nH]n(-c2ccc(F)cc2)c1=O. The third-order valence-corrected chi connectivity index (χ3v) is 4.45. The van der Waals surface area contributed by atoms with E-state index in [9.17, 15) is 9.18 Å². The first-order valence-electron chi connectivity index (χ1n) is 7.78. The van der Waals surface area contributed by atoms with Crippen LogP contribution in [0.5, 0.6) is 0 Å². The van der Waals surface area contributed by atoms with Crippen LogP contribution in [0.15, 0.2) is 57.1 Å². The lowest BCUT2D eigenvalue weighted by atomic mass is 10.2. The molecule has 3 rings (SSSR count). The molecule has 0 aliphatic heterocycles. The third-order valence-electron chi connectivity index (χ3n) is 3.87. The first-order valence-corrected chi connectivity index (χ1v) is 8.59. The highest BCUT2D eigenvalue weighted by atomic mass is 32.2. The molecule has 0 aliphatic rings. The van der Waals surface area contributed by atoms with Gasteiger partial charge >= 0.3 is 0 Å². The molecule has 0 unspecified atom stereocenters. The topological polar surface area (TPSA) is 73.9 Å². The average molecular weight is 366 g/mol. The molecule has 0 radical (unpaired) electrons. The van der Waals surface area contributed by atoms with Crippen LogP contribution in [0, 0.1) is 30.3 Å². The molecule has 3 aromatic rings. The van der Waals surface area contributed by atoms with E-state index >= 15 is 0 Å². The Bertz CT molecular complexity index is 1070. The minimum Gasteiger partial charge on any atom is -0.295 e. The predicted molar refractivity (Wildman–Crippen MR) is 101 cm³/mol. The number of benzene rings is 2. The Morgan fingerprint density at radius 3 is 2.62 bits per heavy atom. The zero-order valence-corrected chi connectivity index (χ0v) is 15.0. The lowest BCUT2D eigenvalue weighted by Crippen LogP contribution is -2.17. The number of rotatable bonds is 4. The van der Waals surface area contributed by atoms with Gasteiger partial charge in [-0.3, -0.25) is 14.9 Å². The molecular formula is C19H15FN4OS. The molecule has 0 fully saturated rings. The van der Waals surface area contributed by atoms with E-state index in [2.05, 4.69) is 10.1 Å². The Morgan fingerprint density at radius 1 is 1.23 bits per heavy atom. The standard InChI is InChI=1S/C19H15FN4OS/c1-12-9-16(26-11-21)7-8-18(12)22-10-17-13(2)23-24(19(17)25)15-5-3-14(20)4-6-15/h3-10,23H,1-2H3. The van der Waals surface area contributed by atoms with E-state index in [4.69, 9.17) is 5.26 Å². The number of aliphatic imine (C=N–C) groups is 1. The van der Waals surface area contributed by atoms with Crippen LogP contribution < -0.4 is 5.56 Å². The summed E-state index contributed by atoms with van der Waals surface area (Å²) in [5.74, 6) is -0.361. The van der Waals surface area contributed by atoms with E-state index in [1.807, 2.05) is 30.5 Å². The van der Waals surface area contributed by atoms with Gasteiger partial charge in [0.15, 0.2) is 0 Å². The number of hydrogen-bond donors (Lipinski definition) is 1. The van der Waals surface area contributed by atoms with Gasteiger partial charge in [0.25, 0.3) is 5.56 Å². The zero-order chi connectivity index (χ0) is 18.7. The highest BCUT2D eigenvalue weighted by molar-refractivity contribution is 8.03. The van der Waals surface area contributed by atoms with Gasteiger partial charge in [0.05, 0.1) is 16.9 Å². The van der Waals surface area contributed by atoms with E-state index in [-0.39, 0.29) is 11.4 Å². The Kier molecular flexibility index (Phi) is 5.05. The fourth-order valence-electron chi connectivity index (χ4n) is 2.51. The Labute approximate surface area is 153 Å². The van der Waals surface area contributed by atoms with E-state index < -0.39 is 0 Å². The van der Waals surface area contributed by atoms with Crippen molar-refractivity contribution in [1.82, 2.24) is 9.78 Å². The molecule has 7 heteroatoms. The van der Waals surface area contributed by atoms with Crippen molar-refractivity contribution in [3.8, 4) is 11.1 Å². The van der Waals surface area contributed by atoms with Gasteiger partial charge in [0.1, 0.15) is 11.2 Å². The van der Waals surface area contributed by atoms with Gasteiger partial charge in [0.2, 0.25) is 0 Å². The summed E-state index contributed by atoms with van der Waals surface area (Å²) in [6.45, 7) is 3.68. The van der Waals surface area contributed by atoms with Crippen molar-refractivity contribution in [1.29, 1.82) is 5.26 Å². The average Bonchev–Trinajstić information content (AvgIpc) is 2.90. The Balaban J connectivity index is 1.94. The molecule has 0 spiro atoms. The molecule has 26 heavy (non-hydrogen) atoms. The van der Waals surface area contributed by atoms with Crippen molar-refractivity contribution in [3.63, 3.8) is 0 Å². The largest absolute Gasteiger partial charge is 0.295 e. The molecule has 0 atom stereocenters. The number of thiocyanates is 1. The highest BCUT2D eigenvalue weighted by Gasteiger charge is 2.11. The van der Waals surface area contributed by atoms with Gasteiger partial charge in [-0.25, -0.2) is 9.07 Å². The summed E-state index contributed by atoms with van der Waals surface area (Å²) in [4.78, 5) is 17.9. The summed E-state index contributed by atoms with van der Waals surface area (Å²) in [6.07, 6.45) is 1.52. The van der Waals surface area contributed by atoms with Crippen LogP contribution in [0.25, 0.3) is 5.69 Å². The van der Waals surface area contributed by atoms with Gasteiger partial charge in [-0.1, -0.05) is 0 Å². The van der Waals surface area contributed by atoms with Crippen LogP contribution in [0.4, 0.5) is 10.1 Å². The fourth-order valence-corrected chi connectivity index (χ4v) is 2.98. The lowest BCUT2D eigenvalue weighted by Gasteiger charge is -2.01. The van der Waals surface area contributed by atoms with E-state index in [1.54, 1.807) is 6.92 Å². The number of nitrogens with zero attached hydrogens (tertiary/aromatic N) is 3. The van der Waals surface area contributed by atoms with Crippen molar-refractivity contribution in [2.75, 3.05) is 0 Å². The van der Waals surface area contributed by atoms with Crippen LogP contribution in [0.1, 0.15) is 16.8 Å². The molecule has 0 bridgehead atoms. The smallest absolute Gasteiger partial charge is 0.280 e. The molecule has 0 saturated carbocycles. The maximum absolute atomic E-state index is 13.1. The number of aromatic amines is 1. The van der Waals surface area contributed by atoms with Crippen LogP contribution in [-0.4, -0.2) is 16.0 Å². The first-order chi connectivity index (χ1) is 12.5. The van der Waals surface area contributed by atoms with Crippen LogP contribution in [0.2, 0.25) is 0 Å². The summed E-state index contributed by atoms with van der Waals surface area (Å²) in [6, 6.07) is 11.2. The fraction of sp³-hybridized carbons (Fsp3) is 0.105. The molecule has 130 valence electrons. The number of thioether (sulfide) groups is 1. The summed E-state index contributed by atoms with van der Waals surface area (Å²) >= 11 is 1.09. The van der Waals surface area contributed by atoms with Crippen LogP contribution >= 0.6 is 11.8 Å². The number of nitriles is 1. The summed E-state index contributed by atoms with van der Waals surface area (Å²) < 4.78 is 14.4. The molecule has 2 aromatic carbocycles. The number of H-pyrrole nitrogens is 1. The van der Waals surface area contributed by atoms with E-state index in [0.717, 1.165) is 27.9 Å². The molecule has 0 aliphatic carbocycles. The first kappa shape index (κ1) is 17.7. The molecule has 0 saturated heterocycles. The van der Waals surface area contributed by atoms with Gasteiger partial charge in [-0.05, 0) is 73.6 Å². The maximum Gasteiger partial charge on any atom is 0.280 e. The Morgan fingerprint density at radius 2 is 1.96 bits per heavy atom. The zero-order valence-electron chi connectivity index (χ0n) is 14.2. The Hall–Kier alpha value is -3.11. The van der Waals surface area contributed by atoms with E-state index in [0.29, 0.717) is 16.9 Å². The minimum absolute atomic E-state index is 0.257. The van der Waals surface area contributed by atoms with Crippen LogP contribution in [-0.2, 0) is 0 Å². The number of halogens is 1.